The van der Waals surface area contributed by atoms with Crippen molar-refractivity contribution < 1.29 is 9.90 Å². The normalized spacial score (nSPS) is 31.9. The molecule has 0 saturated carbocycles. The van der Waals surface area contributed by atoms with E-state index in [1.165, 1.54) is 11.3 Å². The third kappa shape index (κ3) is 1.87. The molecule has 2 bridgehead atoms. The fraction of sp³-hybridized carbons (Fsp3) is 0.667. The molecule has 2 atom stereocenters. The number of fused-ring (bicyclic) bond motifs is 2. The van der Waals surface area contributed by atoms with Gasteiger partial charge >= 0.3 is 0 Å². The zero-order valence-corrected chi connectivity index (χ0v) is 10.6. The quantitative estimate of drug-likeness (QED) is 0.825. The molecular weight excluding hydrogens is 236 g/mol. The molecule has 0 aliphatic carbocycles. The second-order valence-electron chi connectivity index (χ2n) is 4.97. The number of piperidine rings is 1. The Morgan fingerprint density at radius 1 is 1.47 bits per heavy atom. The highest BCUT2D eigenvalue weighted by atomic mass is 32.1. The number of aryl methyl sites for hydroxylation is 1. The summed E-state index contributed by atoms with van der Waals surface area (Å²) < 4.78 is 0. The average Bonchev–Trinajstić information content (AvgIpc) is 2.81. The summed E-state index contributed by atoms with van der Waals surface area (Å²) in [6.45, 7) is 1.91. The molecule has 4 nitrogen and oxygen atoms in total. The first-order valence-electron chi connectivity index (χ1n) is 6.08. The van der Waals surface area contributed by atoms with Crippen LogP contribution in [0.4, 0.5) is 0 Å². The van der Waals surface area contributed by atoms with Crippen LogP contribution >= 0.6 is 11.3 Å². The first-order chi connectivity index (χ1) is 8.15. The van der Waals surface area contributed by atoms with Crippen molar-refractivity contribution in [3.05, 3.63) is 16.1 Å². The lowest BCUT2D eigenvalue weighted by Crippen LogP contribution is -2.47. The first-order valence-corrected chi connectivity index (χ1v) is 6.90. The largest absolute Gasteiger partial charge is 0.393 e. The molecule has 2 aliphatic heterocycles. The highest BCUT2D eigenvalue weighted by molar-refractivity contribution is 7.13. The number of aliphatic hydroxyl groups excluding tert-OH is 1. The maximum absolute atomic E-state index is 12.4. The molecule has 3 heterocycles. The molecule has 1 aromatic heterocycles. The van der Waals surface area contributed by atoms with E-state index in [-0.39, 0.29) is 24.1 Å². The molecule has 2 saturated heterocycles. The summed E-state index contributed by atoms with van der Waals surface area (Å²) in [4.78, 5) is 19.3. The highest BCUT2D eigenvalue weighted by Crippen LogP contribution is 2.37. The van der Waals surface area contributed by atoms with Gasteiger partial charge in [-0.05, 0) is 32.6 Å². The predicted octanol–water partition coefficient (Wildman–Crippen LogP) is 1.58. The number of rotatable bonds is 1. The maximum atomic E-state index is 12.4. The summed E-state index contributed by atoms with van der Waals surface area (Å²) in [5, 5.41) is 10.6. The number of aliphatic hydroxyl groups is 1. The number of thiazole rings is 1. The van der Waals surface area contributed by atoms with Crippen molar-refractivity contribution >= 4 is 17.2 Å². The molecule has 3 rings (SSSR count). The molecule has 5 heteroatoms. The molecule has 2 aliphatic rings. The van der Waals surface area contributed by atoms with Gasteiger partial charge in [-0.3, -0.25) is 4.79 Å². The monoisotopic (exact) mass is 252 g/mol. The molecule has 1 N–H and O–H groups in total. The number of aromatic nitrogens is 1. The van der Waals surface area contributed by atoms with Crippen LogP contribution in [-0.2, 0) is 0 Å². The third-order valence-corrected chi connectivity index (χ3v) is 4.68. The minimum absolute atomic E-state index is 0.106. The second-order valence-corrected chi connectivity index (χ2v) is 6.20. The summed E-state index contributed by atoms with van der Waals surface area (Å²) in [7, 11) is 0. The molecule has 92 valence electrons. The van der Waals surface area contributed by atoms with E-state index in [2.05, 4.69) is 4.98 Å². The minimum atomic E-state index is -0.222. The van der Waals surface area contributed by atoms with Crippen molar-refractivity contribution in [1.29, 1.82) is 0 Å². The van der Waals surface area contributed by atoms with Crippen molar-refractivity contribution in [2.24, 2.45) is 0 Å². The Morgan fingerprint density at radius 2 is 2.12 bits per heavy atom. The van der Waals surface area contributed by atoms with Crippen LogP contribution in [0.25, 0.3) is 0 Å². The number of carbonyl (C=O) groups excluding carboxylic acids is 1. The van der Waals surface area contributed by atoms with Gasteiger partial charge in [-0.25, -0.2) is 4.98 Å². The van der Waals surface area contributed by atoms with Crippen LogP contribution in [0.1, 0.15) is 40.4 Å². The van der Waals surface area contributed by atoms with Gasteiger partial charge in [0, 0.05) is 12.1 Å². The fourth-order valence-electron chi connectivity index (χ4n) is 3.07. The second kappa shape index (κ2) is 4.07. The van der Waals surface area contributed by atoms with Gasteiger partial charge in [0.15, 0.2) is 0 Å². The molecule has 0 spiro atoms. The molecule has 1 aromatic rings. The molecule has 0 radical (unpaired) electrons. The van der Waals surface area contributed by atoms with Gasteiger partial charge in [-0.2, -0.15) is 0 Å². The Balaban J connectivity index is 1.83. The predicted molar refractivity (Wildman–Crippen MR) is 65.1 cm³/mol. The molecule has 2 fully saturated rings. The molecule has 2 unspecified atom stereocenters. The Labute approximate surface area is 104 Å². The van der Waals surface area contributed by atoms with Crippen LogP contribution in [0.15, 0.2) is 6.20 Å². The first kappa shape index (κ1) is 11.2. The number of hydrogen-bond donors (Lipinski definition) is 1. The van der Waals surface area contributed by atoms with Gasteiger partial charge in [0.25, 0.3) is 5.91 Å². The minimum Gasteiger partial charge on any atom is -0.393 e. The molecule has 0 aromatic carbocycles. The smallest absolute Gasteiger partial charge is 0.266 e. The number of amides is 1. The van der Waals surface area contributed by atoms with Crippen LogP contribution < -0.4 is 0 Å². The Morgan fingerprint density at radius 3 is 2.65 bits per heavy atom. The van der Waals surface area contributed by atoms with Crippen LogP contribution in [0, 0.1) is 6.92 Å². The zero-order valence-electron chi connectivity index (χ0n) is 9.80. The summed E-state index contributed by atoms with van der Waals surface area (Å²) >= 11 is 1.46. The summed E-state index contributed by atoms with van der Waals surface area (Å²) in [6.07, 6.45) is 4.99. The standard InChI is InChI=1S/C12H16N2O2S/c1-7-13-6-11(17-7)12(16)14-8-2-3-9(14)5-10(15)4-8/h6,8-10,15H,2-5H2,1H3. The van der Waals surface area contributed by atoms with E-state index in [0.29, 0.717) is 0 Å². The van der Waals surface area contributed by atoms with Crippen molar-refractivity contribution in [3.8, 4) is 0 Å². The average molecular weight is 252 g/mol. The summed E-state index contributed by atoms with van der Waals surface area (Å²) in [5.41, 5.74) is 0. The van der Waals surface area contributed by atoms with Crippen LogP contribution in [-0.4, -0.2) is 39.1 Å². The van der Waals surface area contributed by atoms with Gasteiger partial charge in [0.2, 0.25) is 0 Å². The summed E-state index contributed by atoms with van der Waals surface area (Å²) in [5.74, 6) is 0.106. The van der Waals surface area contributed by atoms with Gasteiger partial charge in [0.1, 0.15) is 4.88 Å². The van der Waals surface area contributed by atoms with E-state index in [0.717, 1.165) is 35.6 Å². The van der Waals surface area contributed by atoms with Crippen LogP contribution in [0.3, 0.4) is 0 Å². The molecule has 1 amide bonds. The van der Waals surface area contributed by atoms with E-state index in [1.807, 2.05) is 11.8 Å². The van der Waals surface area contributed by atoms with E-state index in [1.54, 1.807) is 6.20 Å². The van der Waals surface area contributed by atoms with Crippen LogP contribution in [0.2, 0.25) is 0 Å². The maximum Gasteiger partial charge on any atom is 0.266 e. The van der Waals surface area contributed by atoms with E-state index < -0.39 is 0 Å². The Hall–Kier alpha value is -0.940. The van der Waals surface area contributed by atoms with Crippen molar-refractivity contribution in [2.45, 2.75) is 50.8 Å². The summed E-state index contributed by atoms with van der Waals surface area (Å²) in [6, 6.07) is 0.470. The lowest BCUT2D eigenvalue weighted by atomic mass is 10.00. The lowest BCUT2D eigenvalue weighted by molar-refractivity contribution is 0.0290. The third-order valence-electron chi connectivity index (χ3n) is 3.77. The van der Waals surface area contributed by atoms with Crippen molar-refractivity contribution in [2.75, 3.05) is 0 Å². The van der Waals surface area contributed by atoms with Crippen LogP contribution in [0.5, 0.6) is 0 Å². The number of carbonyl (C=O) groups is 1. The van der Waals surface area contributed by atoms with Gasteiger partial charge in [0.05, 0.1) is 17.3 Å². The number of nitrogens with zero attached hydrogens (tertiary/aromatic N) is 2. The Kier molecular flexibility index (Phi) is 2.67. The highest BCUT2D eigenvalue weighted by Gasteiger charge is 2.43. The van der Waals surface area contributed by atoms with E-state index in [4.69, 9.17) is 0 Å². The fourth-order valence-corrected chi connectivity index (χ4v) is 3.79. The Bertz CT molecular complexity index is 431. The van der Waals surface area contributed by atoms with Crippen molar-refractivity contribution in [1.82, 2.24) is 9.88 Å². The zero-order chi connectivity index (χ0) is 12.0. The number of hydrogen-bond acceptors (Lipinski definition) is 4. The molecular formula is C12H16N2O2S. The topological polar surface area (TPSA) is 53.4 Å². The molecule has 17 heavy (non-hydrogen) atoms. The van der Waals surface area contributed by atoms with E-state index >= 15 is 0 Å². The van der Waals surface area contributed by atoms with E-state index in [9.17, 15) is 9.90 Å². The van der Waals surface area contributed by atoms with Crippen molar-refractivity contribution in [3.63, 3.8) is 0 Å². The van der Waals surface area contributed by atoms with Gasteiger partial charge in [-0.1, -0.05) is 0 Å². The van der Waals surface area contributed by atoms with Gasteiger partial charge < -0.3 is 10.0 Å². The lowest BCUT2D eigenvalue weighted by Gasteiger charge is -2.36. The SMILES string of the molecule is Cc1ncc(C(=O)N2C3CCC2CC(O)C3)s1. The van der Waals surface area contributed by atoms with Gasteiger partial charge in [-0.15, -0.1) is 11.3 Å².